The number of rotatable bonds is 6. The highest BCUT2D eigenvalue weighted by atomic mass is 35.5. The van der Waals surface area contributed by atoms with Crippen molar-refractivity contribution in [2.24, 2.45) is 0 Å². The van der Waals surface area contributed by atoms with Gasteiger partial charge in [0.1, 0.15) is 11.3 Å². The van der Waals surface area contributed by atoms with E-state index in [4.69, 9.17) is 33.0 Å². The molecule has 0 atom stereocenters. The van der Waals surface area contributed by atoms with Gasteiger partial charge < -0.3 is 14.5 Å². The molecule has 2 N–H and O–H groups in total. The first-order valence-electron chi connectivity index (χ1n) is 10.00. The van der Waals surface area contributed by atoms with Gasteiger partial charge in [-0.1, -0.05) is 35.9 Å². The predicted molar refractivity (Wildman–Crippen MR) is 129 cm³/mol. The normalized spacial score (nSPS) is 10.7. The fourth-order valence-corrected chi connectivity index (χ4v) is 3.48. The standard InChI is InChI=1S/C24H20ClN3O3S/c1-2-30-20-12-11-17(13-18(20)25)22(29)28-24(32)26-14-15-7-9-16(10-8-15)23-27-19-5-3-4-6-21(19)31-23/h3-13H,2,14H2,1H3,(H2,26,28,29,32). The Hall–Kier alpha value is -3.42. The van der Waals surface area contributed by atoms with Gasteiger partial charge in [-0.15, -0.1) is 0 Å². The second-order valence-electron chi connectivity index (χ2n) is 6.90. The number of fused-ring (bicyclic) bond motifs is 1. The summed E-state index contributed by atoms with van der Waals surface area (Å²) >= 11 is 11.4. The molecule has 162 valence electrons. The smallest absolute Gasteiger partial charge is 0.257 e. The summed E-state index contributed by atoms with van der Waals surface area (Å²) in [5.41, 5.74) is 3.84. The Labute approximate surface area is 195 Å². The summed E-state index contributed by atoms with van der Waals surface area (Å²) < 4.78 is 11.2. The van der Waals surface area contributed by atoms with E-state index < -0.39 is 0 Å². The van der Waals surface area contributed by atoms with Crippen LogP contribution in [-0.2, 0) is 6.54 Å². The zero-order chi connectivity index (χ0) is 22.5. The second-order valence-corrected chi connectivity index (χ2v) is 7.71. The van der Waals surface area contributed by atoms with Gasteiger partial charge in [-0.25, -0.2) is 4.98 Å². The Kier molecular flexibility index (Phi) is 6.68. The van der Waals surface area contributed by atoms with Crippen LogP contribution >= 0.6 is 23.8 Å². The molecule has 8 heteroatoms. The Morgan fingerprint density at radius 1 is 1.12 bits per heavy atom. The Morgan fingerprint density at radius 3 is 2.62 bits per heavy atom. The first-order chi connectivity index (χ1) is 15.5. The van der Waals surface area contributed by atoms with Gasteiger partial charge in [-0.3, -0.25) is 10.1 Å². The van der Waals surface area contributed by atoms with Crippen molar-refractivity contribution >= 4 is 45.9 Å². The summed E-state index contributed by atoms with van der Waals surface area (Å²) in [6, 6.07) is 20.3. The van der Waals surface area contributed by atoms with Crippen molar-refractivity contribution < 1.29 is 13.9 Å². The van der Waals surface area contributed by atoms with Crippen LogP contribution in [0.2, 0.25) is 5.02 Å². The lowest BCUT2D eigenvalue weighted by molar-refractivity contribution is 0.0976. The fourth-order valence-electron chi connectivity index (χ4n) is 3.08. The van der Waals surface area contributed by atoms with Gasteiger partial charge in [-0.2, -0.15) is 0 Å². The topological polar surface area (TPSA) is 76.4 Å². The minimum Gasteiger partial charge on any atom is -0.492 e. The minimum absolute atomic E-state index is 0.225. The minimum atomic E-state index is -0.348. The molecule has 0 aliphatic carbocycles. The van der Waals surface area contributed by atoms with Crippen molar-refractivity contribution in [1.29, 1.82) is 0 Å². The maximum Gasteiger partial charge on any atom is 0.257 e. The number of para-hydroxylation sites is 2. The quantitative estimate of drug-likeness (QED) is 0.374. The van der Waals surface area contributed by atoms with Gasteiger partial charge in [0.15, 0.2) is 10.7 Å². The van der Waals surface area contributed by atoms with Crippen molar-refractivity contribution in [2.45, 2.75) is 13.5 Å². The molecule has 0 saturated carbocycles. The summed E-state index contributed by atoms with van der Waals surface area (Å²) in [5, 5.41) is 6.28. The number of oxazole rings is 1. The molecule has 0 saturated heterocycles. The maximum atomic E-state index is 12.4. The van der Waals surface area contributed by atoms with E-state index >= 15 is 0 Å². The largest absolute Gasteiger partial charge is 0.492 e. The average molecular weight is 466 g/mol. The number of amides is 1. The Bertz CT molecular complexity index is 1240. The molecule has 4 aromatic rings. The molecular weight excluding hydrogens is 446 g/mol. The Balaban J connectivity index is 1.32. The van der Waals surface area contributed by atoms with E-state index in [-0.39, 0.29) is 11.0 Å². The van der Waals surface area contributed by atoms with Gasteiger partial charge in [0.05, 0.1) is 11.6 Å². The van der Waals surface area contributed by atoms with E-state index in [2.05, 4.69) is 15.6 Å². The molecule has 0 bridgehead atoms. The van der Waals surface area contributed by atoms with Gasteiger partial charge >= 0.3 is 0 Å². The molecule has 0 unspecified atom stereocenters. The number of ether oxygens (including phenoxy) is 1. The maximum absolute atomic E-state index is 12.4. The first-order valence-corrected chi connectivity index (χ1v) is 10.8. The molecule has 32 heavy (non-hydrogen) atoms. The SMILES string of the molecule is CCOc1ccc(C(=O)NC(=S)NCc2ccc(-c3nc4ccccc4o3)cc2)cc1Cl. The summed E-state index contributed by atoms with van der Waals surface area (Å²) in [5.74, 6) is 0.758. The summed E-state index contributed by atoms with van der Waals surface area (Å²) in [7, 11) is 0. The van der Waals surface area contributed by atoms with Crippen LogP contribution in [-0.4, -0.2) is 22.6 Å². The van der Waals surface area contributed by atoms with Crippen LogP contribution < -0.4 is 15.4 Å². The zero-order valence-corrected chi connectivity index (χ0v) is 18.8. The van der Waals surface area contributed by atoms with Crippen LogP contribution in [0.5, 0.6) is 5.75 Å². The molecule has 0 aliphatic rings. The molecule has 0 aliphatic heterocycles. The Morgan fingerprint density at radius 2 is 1.91 bits per heavy atom. The van der Waals surface area contributed by atoms with Gasteiger partial charge in [0, 0.05) is 17.7 Å². The molecule has 1 heterocycles. The highest BCUT2D eigenvalue weighted by Crippen LogP contribution is 2.26. The molecular formula is C24H20ClN3O3S. The number of halogens is 1. The number of carbonyl (C=O) groups excluding carboxylic acids is 1. The zero-order valence-electron chi connectivity index (χ0n) is 17.2. The molecule has 1 aromatic heterocycles. The number of carbonyl (C=O) groups is 1. The molecule has 0 spiro atoms. The van der Waals surface area contributed by atoms with E-state index in [0.717, 1.165) is 22.2 Å². The van der Waals surface area contributed by atoms with E-state index in [1.807, 2.05) is 55.5 Å². The van der Waals surface area contributed by atoms with E-state index in [9.17, 15) is 4.79 Å². The van der Waals surface area contributed by atoms with Crippen LogP contribution in [0.4, 0.5) is 0 Å². The third-order valence-electron chi connectivity index (χ3n) is 4.67. The monoisotopic (exact) mass is 465 g/mol. The molecule has 3 aromatic carbocycles. The molecule has 6 nitrogen and oxygen atoms in total. The highest BCUT2D eigenvalue weighted by molar-refractivity contribution is 7.80. The number of nitrogens with one attached hydrogen (secondary N) is 2. The lowest BCUT2D eigenvalue weighted by atomic mass is 10.1. The average Bonchev–Trinajstić information content (AvgIpc) is 3.24. The van der Waals surface area contributed by atoms with Crippen molar-refractivity contribution in [2.75, 3.05) is 6.61 Å². The van der Waals surface area contributed by atoms with Crippen LogP contribution in [0.25, 0.3) is 22.6 Å². The predicted octanol–water partition coefficient (Wildman–Crippen LogP) is 5.35. The molecule has 4 rings (SSSR count). The lowest BCUT2D eigenvalue weighted by Crippen LogP contribution is -2.38. The number of thiocarbonyl (C=S) groups is 1. The summed E-state index contributed by atoms with van der Waals surface area (Å²) in [6.45, 7) is 2.82. The van der Waals surface area contributed by atoms with E-state index in [1.54, 1.807) is 18.2 Å². The van der Waals surface area contributed by atoms with Crippen LogP contribution in [0.1, 0.15) is 22.8 Å². The summed E-state index contributed by atoms with van der Waals surface area (Å²) in [6.07, 6.45) is 0. The lowest BCUT2D eigenvalue weighted by Gasteiger charge is -2.11. The van der Waals surface area contributed by atoms with Gasteiger partial charge in [0.25, 0.3) is 5.91 Å². The van der Waals surface area contributed by atoms with Crippen molar-refractivity contribution in [3.05, 3.63) is 82.9 Å². The second kappa shape index (κ2) is 9.80. The van der Waals surface area contributed by atoms with Crippen LogP contribution in [0.15, 0.2) is 71.1 Å². The fraction of sp³-hybridized carbons (Fsp3) is 0.125. The number of nitrogens with zero attached hydrogens (tertiary/aromatic N) is 1. The highest BCUT2D eigenvalue weighted by Gasteiger charge is 2.11. The van der Waals surface area contributed by atoms with Gasteiger partial charge in [0.2, 0.25) is 5.89 Å². The summed E-state index contributed by atoms with van der Waals surface area (Å²) in [4.78, 5) is 16.9. The van der Waals surface area contributed by atoms with Crippen LogP contribution in [0, 0.1) is 0 Å². The number of hydrogen-bond donors (Lipinski definition) is 2. The molecule has 1 amide bonds. The number of hydrogen-bond acceptors (Lipinski definition) is 5. The third-order valence-corrected chi connectivity index (χ3v) is 5.21. The molecule has 0 radical (unpaired) electrons. The van der Waals surface area contributed by atoms with Crippen molar-refractivity contribution in [3.8, 4) is 17.2 Å². The van der Waals surface area contributed by atoms with E-state index in [1.165, 1.54) is 0 Å². The van der Waals surface area contributed by atoms with Gasteiger partial charge in [-0.05, 0) is 67.2 Å². The first kappa shape index (κ1) is 21.8. The van der Waals surface area contributed by atoms with Crippen LogP contribution in [0.3, 0.4) is 0 Å². The molecule has 0 fully saturated rings. The van der Waals surface area contributed by atoms with Crippen molar-refractivity contribution in [1.82, 2.24) is 15.6 Å². The number of aromatic nitrogens is 1. The third kappa shape index (κ3) is 5.07. The number of benzene rings is 3. The van der Waals surface area contributed by atoms with E-state index in [0.29, 0.717) is 35.4 Å². The van der Waals surface area contributed by atoms with Crippen molar-refractivity contribution in [3.63, 3.8) is 0 Å².